The van der Waals surface area contributed by atoms with Crippen molar-refractivity contribution in [2.45, 2.75) is 32.9 Å². The van der Waals surface area contributed by atoms with Crippen molar-refractivity contribution < 1.29 is 0 Å². The molecule has 1 N–H and O–H groups in total. The second kappa shape index (κ2) is 6.70. The Balaban J connectivity index is 1.56. The zero-order chi connectivity index (χ0) is 15.4. The van der Waals surface area contributed by atoms with Crippen LogP contribution in [-0.4, -0.2) is 18.9 Å². The summed E-state index contributed by atoms with van der Waals surface area (Å²) in [7, 11) is 0. The third kappa shape index (κ3) is 3.71. The van der Waals surface area contributed by atoms with Gasteiger partial charge in [-0.2, -0.15) is 4.37 Å². The lowest BCUT2D eigenvalue weighted by atomic mass is 10.1. The lowest BCUT2D eigenvalue weighted by Crippen LogP contribution is -2.01. The van der Waals surface area contributed by atoms with Crippen LogP contribution in [-0.2, 0) is 13.1 Å². The lowest BCUT2D eigenvalue weighted by molar-refractivity contribution is 0.796. The SMILES string of the molecule is CC(C)c1nsc(NCc2ccc(Cn3ccnc3)cc2)n1. The number of nitrogens with one attached hydrogen (secondary N) is 1. The Morgan fingerprint density at radius 1 is 1.18 bits per heavy atom. The van der Waals surface area contributed by atoms with Gasteiger partial charge in [-0.05, 0) is 11.1 Å². The highest BCUT2D eigenvalue weighted by molar-refractivity contribution is 7.09. The van der Waals surface area contributed by atoms with E-state index in [1.54, 1.807) is 6.20 Å². The molecule has 0 amide bonds. The fourth-order valence-corrected chi connectivity index (χ4v) is 2.78. The number of aromatic nitrogens is 4. The van der Waals surface area contributed by atoms with Crippen LogP contribution in [0.4, 0.5) is 5.13 Å². The fraction of sp³-hybridized carbons (Fsp3) is 0.312. The average molecular weight is 313 g/mol. The Labute approximate surface area is 134 Å². The summed E-state index contributed by atoms with van der Waals surface area (Å²) in [5.74, 6) is 1.28. The number of benzene rings is 1. The normalized spacial score (nSPS) is 11.0. The Hall–Kier alpha value is -2.21. The van der Waals surface area contributed by atoms with E-state index in [1.165, 1.54) is 22.7 Å². The minimum Gasteiger partial charge on any atom is -0.356 e. The number of hydrogen-bond acceptors (Lipinski definition) is 5. The van der Waals surface area contributed by atoms with Crippen molar-refractivity contribution in [2.75, 3.05) is 5.32 Å². The van der Waals surface area contributed by atoms with Crippen molar-refractivity contribution in [1.82, 2.24) is 18.9 Å². The van der Waals surface area contributed by atoms with Crippen molar-refractivity contribution >= 4 is 16.7 Å². The van der Waals surface area contributed by atoms with Crippen molar-refractivity contribution in [2.24, 2.45) is 0 Å². The second-order valence-electron chi connectivity index (χ2n) is 5.52. The molecule has 3 aromatic rings. The Kier molecular flexibility index (Phi) is 4.48. The van der Waals surface area contributed by atoms with Gasteiger partial charge in [-0.25, -0.2) is 9.97 Å². The van der Waals surface area contributed by atoms with Gasteiger partial charge in [0.2, 0.25) is 5.13 Å². The topological polar surface area (TPSA) is 55.6 Å². The molecule has 0 aliphatic carbocycles. The molecule has 5 nitrogen and oxygen atoms in total. The molecule has 0 aliphatic rings. The summed E-state index contributed by atoms with van der Waals surface area (Å²) in [6.45, 7) is 5.82. The highest BCUT2D eigenvalue weighted by Gasteiger charge is 2.07. The molecule has 0 unspecified atom stereocenters. The summed E-state index contributed by atoms with van der Waals surface area (Å²) in [5, 5.41) is 4.21. The highest BCUT2D eigenvalue weighted by Crippen LogP contribution is 2.18. The molecular weight excluding hydrogens is 294 g/mol. The Bertz CT molecular complexity index is 700. The van der Waals surface area contributed by atoms with E-state index >= 15 is 0 Å². The van der Waals surface area contributed by atoms with Crippen LogP contribution >= 0.6 is 11.5 Å². The maximum Gasteiger partial charge on any atom is 0.202 e. The maximum atomic E-state index is 4.48. The van der Waals surface area contributed by atoms with Crippen molar-refractivity contribution in [3.63, 3.8) is 0 Å². The van der Waals surface area contributed by atoms with E-state index in [0.29, 0.717) is 5.92 Å². The van der Waals surface area contributed by atoms with Crippen LogP contribution in [0, 0.1) is 0 Å². The van der Waals surface area contributed by atoms with Gasteiger partial charge >= 0.3 is 0 Å². The van der Waals surface area contributed by atoms with Gasteiger partial charge in [0.25, 0.3) is 0 Å². The molecule has 0 radical (unpaired) electrons. The number of imidazole rings is 1. The predicted molar refractivity (Wildman–Crippen MR) is 89.1 cm³/mol. The molecule has 6 heteroatoms. The van der Waals surface area contributed by atoms with Crippen molar-refractivity contribution in [1.29, 1.82) is 0 Å². The van der Waals surface area contributed by atoms with Crippen LogP contribution in [0.3, 0.4) is 0 Å². The third-order valence-corrected chi connectivity index (χ3v) is 4.04. The molecule has 0 atom stereocenters. The lowest BCUT2D eigenvalue weighted by Gasteiger charge is -2.06. The first-order valence-electron chi connectivity index (χ1n) is 7.32. The minimum absolute atomic E-state index is 0.370. The standard InChI is InChI=1S/C16H19N5S/c1-12(2)15-19-16(22-20-15)18-9-13-3-5-14(6-4-13)10-21-8-7-17-11-21/h3-8,11-12H,9-10H2,1-2H3,(H,18,19,20). The van der Waals surface area contributed by atoms with E-state index in [2.05, 4.69) is 62.3 Å². The molecule has 0 saturated carbocycles. The van der Waals surface area contributed by atoms with Crippen LogP contribution in [0.1, 0.15) is 36.7 Å². The van der Waals surface area contributed by atoms with Gasteiger partial charge in [0.05, 0.1) is 6.33 Å². The molecule has 0 aliphatic heterocycles. The zero-order valence-corrected chi connectivity index (χ0v) is 13.5. The van der Waals surface area contributed by atoms with E-state index in [0.717, 1.165) is 24.0 Å². The van der Waals surface area contributed by atoms with Crippen LogP contribution in [0.5, 0.6) is 0 Å². The van der Waals surface area contributed by atoms with Gasteiger partial charge in [-0.15, -0.1) is 0 Å². The molecule has 0 spiro atoms. The summed E-state index contributed by atoms with van der Waals surface area (Å²) in [6, 6.07) is 8.58. The van der Waals surface area contributed by atoms with Crippen LogP contribution in [0.15, 0.2) is 43.0 Å². The first-order chi connectivity index (χ1) is 10.7. The molecule has 2 heterocycles. The number of nitrogens with zero attached hydrogens (tertiary/aromatic N) is 4. The number of hydrogen-bond donors (Lipinski definition) is 1. The van der Waals surface area contributed by atoms with E-state index < -0.39 is 0 Å². The van der Waals surface area contributed by atoms with Gasteiger partial charge < -0.3 is 9.88 Å². The monoisotopic (exact) mass is 313 g/mol. The summed E-state index contributed by atoms with van der Waals surface area (Å²) >= 11 is 1.42. The summed E-state index contributed by atoms with van der Waals surface area (Å²) in [6.07, 6.45) is 5.60. The predicted octanol–water partition coefficient (Wildman–Crippen LogP) is 3.52. The average Bonchev–Trinajstić information content (AvgIpc) is 3.18. The van der Waals surface area contributed by atoms with Gasteiger partial charge in [-0.3, -0.25) is 0 Å². The van der Waals surface area contributed by atoms with Crippen LogP contribution < -0.4 is 5.32 Å². The molecule has 1 aromatic carbocycles. The Morgan fingerprint density at radius 3 is 2.59 bits per heavy atom. The number of anilines is 1. The quantitative estimate of drug-likeness (QED) is 0.756. The molecule has 22 heavy (non-hydrogen) atoms. The number of rotatable bonds is 6. The fourth-order valence-electron chi connectivity index (χ4n) is 2.07. The summed E-state index contributed by atoms with van der Waals surface area (Å²) < 4.78 is 6.40. The first-order valence-corrected chi connectivity index (χ1v) is 8.09. The van der Waals surface area contributed by atoms with E-state index in [1.807, 2.05) is 12.5 Å². The van der Waals surface area contributed by atoms with Gasteiger partial charge in [0, 0.05) is 42.9 Å². The molecule has 0 bridgehead atoms. The Morgan fingerprint density at radius 2 is 1.95 bits per heavy atom. The van der Waals surface area contributed by atoms with Gasteiger partial charge in [-0.1, -0.05) is 38.1 Å². The molecule has 0 saturated heterocycles. The molecule has 3 rings (SSSR count). The highest BCUT2D eigenvalue weighted by atomic mass is 32.1. The zero-order valence-electron chi connectivity index (χ0n) is 12.7. The molecular formula is C16H19N5S. The van der Waals surface area contributed by atoms with Gasteiger partial charge in [0.1, 0.15) is 5.82 Å². The van der Waals surface area contributed by atoms with Crippen molar-refractivity contribution in [3.05, 3.63) is 59.9 Å². The molecule has 2 aromatic heterocycles. The van der Waals surface area contributed by atoms with Crippen molar-refractivity contribution in [3.8, 4) is 0 Å². The van der Waals surface area contributed by atoms with Gasteiger partial charge in [0.15, 0.2) is 0 Å². The van der Waals surface area contributed by atoms with E-state index in [-0.39, 0.29) is 0 Å². The largest absolute Gasteiger partial charge is 0.356 e. The van der Waals surface area contributed by atoms with Crippen LogP contribution in [0.25, 0.3) is 0 Å². The molecule has 114 valence electrons. The minimum atomic E-state index is 0.370. The summed E-state index contributed by atoms with van der Waals surface area (Å²) in [4.78, 5) is 8.53. The first kappa shape index (κ1) is 14.7. The molecule has 0 fully saturated rings. The van der Waals surface area contributed by atoms with E-state index in [9.17, 15) is 0 Å². The third-order valence-electron chi connectivity index (χ3n) is 3.35. The van der Waals surface area contributed by atoms with E-state index in [4.69, 9.17) is 0 Å². The summed E-state index contributed by atoms with van der Waals surface area (Å²) in [5.41, 5.74) is 2.50. The second-order valence-corrected chi connectivity index (χ2v) is 6.27. The maximum absolute atomic E-state index is 4.48. The smallest absolute Gasteiger partial charge is 0.202 e. The van der Waals surface area contributed by atoms with Crippen LogP contribution in [0.2, 0.25) is 0 Å².